The number of carbonyl (C=O) groups is 5. The number of nitrogens with one attached hydrogen (secondary N) is 5. The molecule has 0 unspecified atom stereocenters. The second-order valence-corrected chi connectivity index (χ2v) is 7.55. The van der Waals surface area contributed by atoms with Crippen LogP contribution in [0.1, 0.15) is 39.5 Å². The molecule has 0 aromatic rings. The van der Waals surface area contributed by atoms with Gasteiger partial charge in [0.25, 0.3) is 0 Å². The first-order chi connectivity index (χ1) is 14.8. The Hall–Kier alpha value is -3.42. The summed E-state index contributed by atoms with van der Waals surface area (Å²) in [7, 11) is 0. The van der Waals surface area contributed by atoms with Crippen molar-refractivity contribution in [1.82, 2.24) is 21.3 Å². The molecule has 0 heterocycles. The maximum absolute atomic E-state index is 12.4. The van der Waals surface area contributed by atoms with Crippen LogP contribution < -0.4 is 32.7 Å². The summed E-state index contributed by atoms with van der Waals surface area (Å²) in [6.45, 7) is 3.30. The van der Waals surface area contributed by atoms with Crippen LogP contribution in [0.15, 0.2) is 0 Å². The molecule has 0 saturated carbocycles. The first-order valence-corrected chi connectivity index (χ1v) is 9.99. The summed E-state index contributed by atoms with van der Waals surface area (Å²) in [6.07, 6.45) is 0.0411. The number of carbonyl (C=O) groups excluding carboxylic acids is 3. The van der Waals surface area contributed by atoms with E-state index in [9.17, 15) is 29.1 Å². The van der Waals surface area contributed by atoms with E-state index in [1.807, 2.05) is 0 Å². The third kappa shape index (κ3) is 13.0. The van der Waals surface area contributed by atoms with Crippen molar-refractivity contribution in [2.75, 3.05) is 13.1 Å². The van der Waals surface area contributed by atoms with Crippen molar-refractivity contribution in [1.29, 1.82) is 5.41 Å². The van der Waals surface area contributed by atoms with Crippen LogP contribution in [0.2, 0.25) is 0 Å². The van der Waals surface area contributed by atoms with E-state index < -0.39 is 60.8 Å². The van der Waals surface area contributed by atoms with Crippen molar-refractivity contribution in [3.05, 3.63) is 0 Å². The number of carboxylic acids is 2. The zero-order valence-corrected chi connectivity index (χ0v) is 18.1. The zero-order chi connectivity index (χ0) is 24.8. The molecule has 182 valence electrons. The Balaban J connectivity index is 4.75. The first-order valence-electron chi connectivity index (χ1n) is 9.99. The molecule has 14 heteroatoms. The Bertz CT molecular complexity index is 699. The number of guanidine groups is 1. The molecule has 0 aromatic heterocycles. The summed E-state index contributed by atoms with van der Waals surface area (Å²) in [5, 5.41) is 34.5. The highest BCUT2D eigenvalue weighted by molar-refractivity contribution is 5.94. The van der Waals surface area contributed by atoms with Gasteiger partial charge in [-0.2, -0.15) is 0 Å². The highest BCUT2D eigenvalue weighted by Gasteiger charge is 2.28. The molecule has 0 spiro atoms. The van der Waals surface area contributed by atoms with Crippen LogP contribution in [0.25, 0.3) is 0 Å². The fourth-order valence-corrected chi connectivity index (χ4v) is 2.57. The molecule has 32 heavy (non-hydrogen) atoms. The van der Waals surface area contributed by atoms with Crippen molar-refractivity contribution >= 4 is 35.6 Å². The zero-order valence-electron chi connectivity index (χ0n) is 18.1. The van der Waals surface area contributed by atoms with Gasteiger partial charge < -0.3 is 42.9 Å². The van der Waals surface area contributed by atoms with E-state index >= 15 is 0 Å². The van der Waals surface area contributed by atoms with Crippen molar-refractivity contribution in [3.63, 3.8) is 0 Å². The summed E-state index contributed by atoms with van der Waals surface area (Å²) in [5.74, 6) is -5.38. The monoisotopic (exact) mass is 459 g/mol. The van der Waals surface area contributed by atoms with Crippen molar-refractivity contribution in [2.45, 2.75) is 57.7 Å². The van der Waals surface area contributed by atoms with Gasteiger partial charge in [-0.3, -0.25) is 24.6 Å². The Labute approximate surface area is 185 Å². The normalized spacial score (nSPS) is 13.4. The second-order valence-electron chi connectivity index (χ2n) is 7.55. The van der Waals surface area contributed by atoms with E-state index in [2.05, 4.69) is 21.3 Å². The van der Waals surface area contributed by atoms with Gasteiger partial charge >= 0.3 is 11.9 Å². The molecule has 14 nitrogen and oxygen atoms in total. The van der Waals surface area contributed by atoms with Crippen molar-refractivity contribution in [2.24, 2.45) is 17.4 Å². The molecule has 0 aliphatic heterocycles. The minimum absolute atomic E-state index is 0.0541. The molecule has 0 bridgehead atoms. The number of hydrogen-bond donors (Lipinski definition) is 9. The Kier molecular flexibility index (Phi) is 13.0. The quantitative estimate of drug-likeness (QED) is 0.0694. The largest absolute Gasteiger partial charge is 0.481 e. The van der Waals surface area contributed by atoms with Crippen LogP contribution in [0.5, 0.6) is 0 Å². The predicted molar refractivity (Wildman–Crippen MR) is 113 cm³/mol. The van der Waals surface area contributed by atoms with E-state index in [1.165, 1.54) is 0 Å². The van der Waals surface area contributed by atoms with Crippen LogP contribution in [-0.4, -0.2) is 77.0 Å². The molecule has 0 saturated heterocycles. The Morgan fingerprint density at radius 3 is 2.09 bits per heavy atom. The van der Waals surface area contributed by atoms with Gasteiger partial charge in [0.15, 0.2) is 5.96 Å². The number of aliphatic carboxylic acids is 2. The number of rotatable bonds is 15. The van der Waals surface area contributed by atoms with E-state index in [0.29, 0.717) is 13.0 Å². The molecular weight excluding hydrogens is 426 g/mol. The lowest BCUT2D eigenvalue weighted by molar-refractivity contribution is -0.143. The van der Waals surface area contributed by atoms with E-state index in [0.717, 1.165) is 0 Å². The lowest BCUT2D eigenvalue weighted by Gasteiger charge is -2.21. The maximum Gasteiger partial charge on any atom is 0.326 e. The van der Waals surface area contributed by atoms with E-state index in [1.54, 1.807) is 13.8 Å². The molecule has 11 N–H and O–H groups in total. The lowest BCUT2D eigenvalue weighted by atomic mass is 10.0. The van der Waals surface area contributed by atoms with Crippen molar-refractivity contribution in [3.8, 4) is 0 Å². The van der Waals surface area contributed by atoms with Gasteiger partial charge in [0.1, 0.15) is 12.1 Å². The Morgan fingerprint density at radius 2 is 1.59 bits per heavy atom. The molecule has 0 aliphatic rings. The summed E-state index contributed by atoms with van der Waals surface area (Å²) in [5.41, 5.74) is 10.8. The minimum atomic E-state index is -1.53. The lowest BCUT2D eigenvalue weighted by Crippen LogP contribution is -2.54. The van der Waals surface area contributed by atoms with Gasteiger partial charge in [0, 0.05) is 6.54 Å². The molecular formula is C18H33N7O7. The van der Waals surface area contributed by atoms with E-state index in [-0.39, 0.29) is 24.7 Å². The summed E-state index contributed by atoms with van der Waals surface area (Å²) in [4.78, 5) is 58.8. The average Bonchev–Trinajstić information content (AvgIpc) is 2.67. The number of amides is 3. The maximum atomic E-state index is 12.4. The highest BCUT2D eigenvalue weighted by Crippen LogP contribution is 2.06. The molecule has 0 fully saturated rings. The average molecular weight is 460 g/mol. The predicted octanol–water partition coefficient (Wildman–Crippen LogP) is -2.73. The third-order valence-electron chi connectivity index (χ3n) is 4.12. The van der Waals surface area contributed by atoms with Gasteiger partial charge in [-0.1, -0.05) is 13.8 Å². The highest BCUT2D eigenvalue weighted by atomic mass is 16.4. The number of carboxylic acid groups (broad SMARTS) is 2. The van der Waals surface area contributed by atoms with Gasteiger partial charge in [0.2, 0.25) is 17.7 Å². The van der Waals surface area contributed by atoms with Crippen LogP contribution in [0.4, 0.5) is 0 Å². The van der Waals surface area contributed by atoms with Gasteiger partial charge in [0.05, 0.1) is 19.0 Å². The molecule has 0 rings (SSSR count). The van der Waals surface area contributed by atoms with Crippen LogP contribution in [-0.2, 0) is 24.0 Å². The van der Waals surface area contributed by atoms with Gasteiger partial charge in [-0.15, -0.1) is 0 Å². The second kappa shape index (κ2) is 14.6. The van der Waals surface area contributed by atoms with Gasteiger partial charge in [-0.05, 0) is 25.2 Å². The number of nitrogens with two attached hydrogens (primary N) is 2. The smallest absolute Gasteiger partial charge is 0.326 e. The minimum Gasteiger partial charge on any atom is -0.481 e. The van der Waals surface area contributed by atoms with Crippen LogP contribution >= 0.6 is 0 Å². The number of hydrogen-bond acceptors (Lipinski definition) is 7. The van der Waals surface area contributed by atoms with Crippen LogP contribution in [0, 0.1) is 11.3 Å². The Morgan fingerprint density at radius 1 is 0.969 bits per heavy atom. The third-order valence-corrected chi connectivity index (χ3v) is 4.12. The summed E-state index contributed by atoms with van der Waals surface area (Å²) < 4.78 is 0. The van der Waals surface area contributed by atoms with Gasteiger partial charge in [-0.25, -0.2) is 4.79 Å². The van der Waals surface area contributed by atoms with Crippen LogP contribution in [0.3, 0.4) is 0 Å². The summed E-state index contributed by atoms with van der Waals surface area (Å²) >= 11 is 0. The van der Waals surface area contributed by atoms with Crippen molar-refractivity contribution < 1.29 is 34.2 Å². The topological polar surface area (TPSA) is 250 Å². The molecule has 0 aromatic carbocycles. The fraction of sp³-hybridized carbons (Fsp3) is 0.667. The molecule has 3 atom stereocenters. The standard InChI is InChI=1S/C18H33N7O7/c1-9(2)6-12(17(31)32)25-16(30)11(7-14(27)28)24-13(26)8-23-15(29)10(19)4-3-5-22-18(20)21/h9-12H,3-8,19H2,1-2H3,(H,23,29)(H,24,26)(H,25,30)(H,27,28)(H,31,32)(H4,20,21,22)/t10-,11-,12-/m0/s1. The summed E-state index contributed by atoms with van der Waals surface area (Å²) in [6, 6.07) is -3.70. The molecule has 0 aliphatic carbocycles. The molecule has 0 radical (unpaired) electrons. The first kappa shape index (κ1) is 28.6. The fourth-order valence-electron chi connectivity index (χ4n) is 2.57. The van der Waals surface area contributed by atoms with E-state index in [4.69, 9.17) is 22.0 Å². The molecule has 3 amide bonds. The SMILES string of the molecule is CC(C)C[C@H](NC(=O)[C@H](CC(=O)O)NC(=O)CNC(=O)[C@@H](N)CCCNC(=N)N)C(=O)O.